The molecule has 0 spiro atoms. The molecule has 8 heteroatoms. The molecule has 1 N–H and O–H groups in total. The van der Waals surface area contributed by atoms with Gasteiger partial charge in [-0.15, -0.1) is 10.2 Å². The zero-order valence-corrected chi connectivity index (χ0v) is 20.0. The normalized spacial score (nSPS) is 13.4. The number of rotatable bonds is 8. The van der Waals surface area contributed by atoms with Crippen molar-refractivity contribution in [1.82, 2.24) is 14.8 Å². The van der Waals surface area contributed by atoms with E-state index in [4.69, 9.17) is 9.15 Å². The van der Waals surface area contributed by atoms with E-state index in [-0.39, 0.29) is 11.7 Å². The molecular weight excluding hydrogens is 460 g/mol. The van der Waals surface area contributed by atoms with Crippen molar-refractivity contribution >= 4 is 45.3 Å². The first-order chi connectivity index (χ1) is 17.2. The van der Waals surface area contributed by atoms with Gasteiger partial charge in [-0.05, 0) is 30.5 Å². The van der Waals surface area contributed by atoms with Crippen molar-refractivity contribution in [2.24, 2.45) is 0 Å². The van der Waals surface area contributed by atoms with Crippen molar-refractivity contribution in [2.45, 2.75) is 30.5 Å². The molecule has 0 aliphatic heterocycles. The lowest BCUT2D eigenvalue weighted by Crippen LogP contribution is -2.15. The van der Waals surface area contributed by atoms with E-state index >= 15 is 0 Å². The van der Waals surface area contributed by atoms with Crippen LogP contribution in [0.25, 0.3) is 21.9 Å². The first-order valence-corrected chi connectivity index (χ1v) is 12.6. The van der Waals surface area contributed by atoms with Crippen molar-refractivity contribution < 1.29 is 13.9 Å². The fraction of sp³-hybridized carbons (Fsp3) is 0.222. The highest BCUT2D eigenvalue weighted by atomic mass is 32.2. The topological polar surface area (TPSA) is 82.2 Å². The molecule has 0 radical (unpaired) electrons. The number of thioether (sulfide) groups is 1. The second kappa shape index (κ2) is 9.11. The number of ether oxygens (including phenoxy) is 1. The summed E-state index contributed by atoms with van der Waals surface area (Å²) in [4.78, 5) is 12.9. The molecule has 3 aromatic carbocycles. The van der Waals surface area contributed by atoms with Crippen molar-refractivity contribution in [2.75, 3.05) is 18.2 Å². The molecule has 1 fully saturated rings. The fourth-order valence-electron chi connectivity index (χ4n) is 4.30. The predicted octanol–water partition coefficient (Wildman–Crippen LogP) is 5.84. The van der Waals surface area contributed by atoms with Crippen molar-refractivity contribution in [3.05, 3.63) is 78.1 Å². The van der Waals surface area contributed by atoms with Gasteiger partial charge in [-0.2, -0.15) is 0 Å². The molecule has 0 saturated heterocycles. The molecule has 2 aromatic heterocycles. The number of hydrogen-bond acceptors (Lipinski definition) is 6. The van der Waals surface area contributed by atoms with Gasteiger partial charge in [0.25, 0.3) is 0 Å². The van der Waals surface area contributed by atoms with Gasteiger partial charge in [-0.25, -0.2) is 0 Å². The Hall–Kier alpha value is -3.78. The Balaban J connectivity index is 1.20. The Morgan fingerprint density at radius 1 is 1.06 bits per heavy atom. The lowest BCUT2D eigenvalue weighted by molar-refractivity contribution is -0.113. The predicted molar refractivity (Wildman–Crippen MR) is 137 cm³/mol. The van der Waals surface area contributed by atoms with Crippen LogP contribution < -0.4 is 10.1 Å². The first kappa shape index (κ1) is 21.7. The Labute approximate surface area is 206 Å². The SMILES string of the molecule is COc1cc2c(cc1NC(=O)CSc1nnc(C3CC3)n1Cc1ccccc1)oc1ccccc12. The summed E-state index contributed by atoms with van der Waals surface area (Å²) in [5.74, 6) is 2.12. The minimum atomic E-state index is -0.147. The molecule has 5 aromatic rings. The Morgan fingerprint density at radius 3 is 2.66 bits per heavy atom. The number of nitrogens with one attached hydrogen (secondary N) is 1. The molecule has 35 heavy (non-hydrogen) atoms. The largest absolute Gasteiger partial charge is 0.495 e. The number of furan rings is 1. The van der Waals surface area contributed by atoms with Crippen LogP contribution in [0, 0.1) is 0 Å². The summed E-state index contributed by atoms with van der Waals surface area (Å²) in [6, 6.07) is 21.8. The quantitative estimate of drug-likeness (QED) is 0.279. The smallest absolute Gasteiger partial charge is 0.234 e. The maximum absolute atomic E-state index is 12.9. The van der Waals surface area contributed by atoms with Gasteiger partial charge in [-0.3, -0.25) is 4.79 Å². The summed E-state index contributed by atoms with van der Waals surface area (Å²) in [6.45, 7) is 0.695. The monoisotopic (exact) mass is 484 g/mol. The molecule has 1 aliphatic rings. The van der Waals surface area contributed by atoms with Gasteiger partial charge in [0.2, 0.25) is 5.91 Å². The average molecular weight is 485 g/mol. The number of carbonyl (C=O) groups is 1. The number of para-hydroxylation sites is 1. The van der Waals surface area contributed by atoms with Crippen LogP contribution in [-0.4, -0.2) is 33.5 Å². The molecule has 1 aliphatic carbocycles. The zero-order chi connectivity index (χ0) is 23.8. The molecule has 176 valence electrons. The van der Waals surface area contributed by atoms with Gasteiger partial charge in [0, 0.05) is 22.8 Å². The van der Waals surface area contributed by atoms with Gasteiger partial charge in [0.05, 0.1) is 25.1 Å². The van der Waals surface area contributed by atoms with Crippen LogP contribution in [0.3, 0.4) is 0 Å². The van der Waals surface area contributed by atoms with Crippen molar-refractivity contribution in [3.63, 3.8) is 0 Å². The van der Waals surface area contributed by atoms with E-state index in [1.165, 1.54) is 17.3 Å². The van der Waals surface area contributed by atoms with Gasteiger partial charge in [0.15, 0.2) is 5.16 Å². The summed E-state index contributed by atoms with van der Waals surface area (Å²) in [7, 11) is 1.60. The molecule has 0 atom stereocenters. The minimum absolute atomic E-state index is 0.147. The van der Waals surface area contributed by atoms with Crippen LogP contribution in [0.15, 0.2) is 76.3 Å². The molecular formula is C27H24N4O3S. The molecule has 1 saturated carbocycles. The third-order valence-electron chi connectivity index (χ3n) is 6.18. The van der Waals surface area contributed by atoms with Crippen LogP contribution in [0.5, 0.6) is 5.75 Å². The molecule has 6 rings (SSSR count). The molecule has 2 heterocycles. The number of nitrogens with zero attached hydrogens (tertiary/aromatic N) is 3. The summed E-state index contributed by atoms with van der Waals surface area (Å²) < 4.78 is 13.7. The number of benzene rings is 3. The number of aromatic nitrogens is 3. The van der Waals surface area contributed by atoms with Gasteiger partial charge < -0.3 is 19.0 Å². The summed E-state index contributed by atoms with van der Waals surface area (Å²) in [5, 5.41) is 14.5. The number of amides is 1. The highest BCUT2D eigenvalue weighted by Crippen LogP contribution is 2.40. The number of anilines is 1. The summed E-state index contributed by atoms with van der Waals surface area (Å²) >= 11 is 1.39. The highest BCUT2D eigenvalue weighted by Gasteiger charge is 2.30. The van der Waals surface area contributed by atoms with Gasteiger partial charge in [-0.1, -0.05) is 60.3 Å². The van der Waals surface area contributed by atoms with Crippen LogP contribution in [0.1, 0.15) is 30.1 Å². The van der Waals surface area contributed by atoms with Crippen LogP contribution in [0.4, 0.5) is 5.69 Å². The standard InChI is InChI=1S/C27H24N4O3S/c1-33-24-13-20-19-9-5-6-10-22(19)34-23(20)14-21(24)28-25(32)16-35-27-30-29-26(18-11-12-18)31(27)15-17-7-3-2-4-8-17/h2-10,13-14,18H,11-12,15-16H2,1H3,(H,28,32). The van der Waals surface area contributed by atoms with E-state index in [0.717, 1.165) is 40.2 Å². The van der Waals surface area contributed by atoms with Gasteiger partial charge >= 0.3 is 0 Å². The van der Waals surface area contributed by atoms with E-state index in [1.807, 2.05) is 54.6 Å². The van der Waals surface area contributed by atoms with Gasteiger partial charge in [0.1, 0.15) is 22.7 Å². The van der Waals surface area contributed by atoms with E-state index in [2.05, 4.69) is 32.2 Å². The van der Waals surface area contributed by atoms with Crippen LogP contribution in [-0.2, 0) is 11.3 Å². The second-order valence-corrected chi connectivity index (χ2v) is 9.61. The summed E-state index contributed by atoms with van der Waals surface area (Å²) in [5.41, 5.74) is 3.26. The van der Waals surface area contributed by atoms with E-state index in [9.17, 15) is 4.79 Å². The Bertz CT molecular complexity index is 1520. The van der Waals surface area contributed by atoms with Crippen LogP contribution in [0.2, 0.25) is 0 Å². The zero-order valence-electron chi connectivity index (χ0n) is 19.2. The number of carbonyl (C=O) groups excluding carboxylic acids is 1. The number of fused-ring (bicyclic) bond motifs is 3. The molecule has 0 unspecified atom stereocenters. The maximum atomic E-state index is 12.9. The second-order valence-electron chi connectivity index (χ2n) is 8.67. The summed E-state index contributed by atoms with van der Waals surface area (Å²) in [6.07, 6.45) is 2.28. The van der Waals surface area contributed by atoms with Crippen molar-refractivity contribution in [3.8, 4) is 5.75 Å². The maximum Gasteiger partial charge on any atom is 0.234 e. The molecule has 7 nitrogen and oxygen atoms in total. The molecule has 1 amide bonds. The average Bonchev–Trinajstić information content (AvgIpc) is 3.55. The lowest BCUT2D eigenvalue weighted by Gasteiger charge is -2.11. The minimum Gasteiger partial charge on any atom is -0.495 e. The third kappa shape index (κ3) is 4.37. The Morgan fingerprint density at radius 2 is 1.86 bits per heavy atom. The first-order valence-electron chi connectivity index (χ1n) is 11.6. The Kier molecular flexibility index (Phi) is 5.66. The van der Waals surface area contributed by atoms with Crippen molar-refractivity contribution in [1.29, 1.82) is 0 Å². The molecule has 0 bridgehead atoms. The fourth-order valence-corrected chi connectivity index (χ4v) is 5.04. The lowest BCUT2D eigenvalue weighted by atomic mass is 10.1. The number of hydrogen-bond donors (Lipinski definition) is 1. The number of methoxy groups -OCH3 is 1. The van der Waals surface area contributed by atoms with E-state index < -0.39 is 0 Å². The van der Waals surface area contributed by atoms with E-state index in [0.29, 0.717) is 29.5 Å². The van der Waals surface area contributed by atoms with Crippen LogP contribution >= 0.6 is 11.8 Å². The van der Waals surface area contributed by atoms with E-state index in [1.54, 1.807) is 7.11 Å². The third-order valence-corrected chi connectivity index (χ3v) is 7.14. The highest BCUT2D eigenvalue weighted by molar-refractivity contribution is 7.99.